The normalized spacial score (nSPS) is 10.9. The Morgan fingerprint density at radius 3 is 3.10 bits per heavy atom. The van der Waals surface area contributed by atoms with E-state index in [4.69, 9.17) is 10.3 Å². The lowest BCUT2D eigenvalue weighted by atomic mass is 10.1. The molecule has 0 aliphatic rings. The third-order valence-corrected chi connectivity index (χ3v) is 2.82. The van der Waals surface area contributed by atoms with Crippen molar-refractivity contribution in [1.29, 1.82) is 0 Å². The number of nitrogens with two attached hydrogens (primary N) is 1. The molecule has 3 heterocycles. The van der Waals surface area contributed by atoms with Crippen LogP contribution in [0.15, 0.2) is 29.2 Å². The van der Waals surface area contributed by atoms with Gasteiger partial charge in [0.25, 0.3) is 5.89 Å². The number of aromatic nitrogens is 6. The summed E-state index contributed by atoms with van der Waals surface area (Å²) in [7, 11) is 0. The molecule has 0 amide bonds. The standard InChI is InChI=1S/C12H13N7O/c1-8-2-4-14-6-9(8)11-15-12(20-17-11)10-7-19(5-3-13)18-16-10/h2,4,6-7H,3,5,13H2,1H3. The van der Waals surface area contributed by atoms with Gasteiger partial charge in [-0.05, 0) is 18.6 Å². The lowest BCUT2D eigenvalue weighted by Crippen LogP contribution is -2.10. The first-order valence-corrected chi connectivity index (χ1v) is 6.13. The molecule has 0 atom stereocenters. The van der Waals surface area contributed by atoms with E-state index in [1.807, 2.05) is 13.0 Å². The summed E-state index contributed by atoms with van der Waals surface area (Å²) in [4.78, 5) is 8.38. The summed E-state index contributed by atoms with van der Waals surface area (Å²) in [5.41, 5.74) is 7.84. The van der Waals surface area contributed by atoms with Crippen LogP contribution in [0.2, 0.25) is 0 Å². The zero-order chi connectivity index (χ0) is 13.9. The molecule has 0 spiro atoms. The van der Waals surface area contributed by atoms with Crippen molar-refractivity contribution >= 4 is 0 Å². The molecule has 0 aliphatic heterocycles. The fraction of sp³-hybridized carbons (Fsp3) is 0.250. The molecule has 0 unspecified atom stereocenters. The van der Waals surface area contributed by atoms with Crippen molar-refractivity contribution < 1.29 is 4.52 Å². The van der Waals surface area contributed by atoms with Crippen LogP contribution in [0, 0.1) is 6.92 Å². The van der Waals surface area contributed by atoms with Crippen molar-refractivity contribution in [3.8, 4) is 23.0 Å². The van der Waals surface area contributed by atoms with Gasteiger partial charge in [-0.3, -0.25) is 9.67 Å². The van der Waals surface area contributed by atoms with Crippen LogP contribution in [0.5, 0.6) is 0 Å². The van der Waals surface area contributed by atoms with Gasteiger partial charge in [0, 0.05) is 24.5 Å². The van der Waals surface area contributed by atoms with Crippen LogP contribution in [0.1, 0.15) is 5.56 Å². The highest BCUT2D eigenvalue weighted by molar-refractivity contribution is 5.59. The van der Waals surface area contributed by atoms with Crippen LogP contribution in [-0.2, 0) is 6.54 Å². The molecule has 0 saturated heterocycles. The monoisotopic (exact) mass is 271 g/mol. The van der Waals surface area contributed by atoms with Gasteiger partial charge >= 0.3 is 0 Å². The van der Waals surface area contributed by atoms with Gasteiger partial charge < -0.3 is 10.3 Å². The number of aryl methyl sites for hydroxylation is 1. The van der Waals surface area contributed by atoms with E-state index in [2.05, 4.69) is 25.4 Å². The van der Waals surface area contributed by atoms with Crippen LogP contribution in [-0.4, -0.2) is 36.7 Å². The fourth-order valence-electron chi connectivity index (χ4n) is 1.77. The molecule has 2 N–H and O–H groups in total. The van der Waals surface area contributed by atoms with Gasteiger partial charge in [0.05, 0.1) is 12.7 Å². The number of pyridine rings is 1. The minimum Gasteiger partial charge on any atom is -0.332 e. The van der Waals surface area contributed by atoms with Crippen LogP contribution >= 0.6 is 0 Å². The lowest BCUT2D eigenvalue weighted by molar-refractivity contribution is 0.431. The average Bonchev–Trinajstić information content (AvgIpc) is 3.08. The van der Waals surface area contributed by atoms with E-state index in [0.29, 0.717) is 30.5 Å². The first-order chi connectivity index (χ1) is 9.78. The van der Waals surface area contributed by atoms with Gasteiger partial charge in [0.15, 0.2) is 5.69 Å². The molecular weight excluding hydrogens is 258 g/mol. The summed E-state index contributed by atoms with van der Waals surface area (Å²) in [6.45, 7) is 3.05. The summed E-state index contributed by atoms with van der Waals surface area (Å²) < 4.78 is 6.85. The molecule has 3 aromatic rings. The van der Waals surface area contributed by atoms with Crippen LogP contribution in [0.25, 0.3) is 23.0 Å². The Kier molecular flexibility index (Phi) is 3.21. The third-order valence-electron chi connectivity index (χ3n) is 2.82. The maximum absolute atomic E-state index is 5.46. The third kappa shape index (κ3) is 2.28. The Balaban J connectivity index is 1.91. The first-order valence-electron chi connectivity index (χ1n) is 6.13. The topological polar surface area (TPSA) is 109 Å². The second kappa shape index (κ2) is 5.17. The van der Waals surface area contributed by atoms with E-state index in [9.17, 15) is 0 Å². The van der Waals surface area contributed by atoms with Crippen molar-refractivity contribution in [2.45, 2.75) is 13.5 Å². The Morgan fingerprint density at radius 1 is 1.40 bits per heavy atom. The second-order valence-electron chi connectivity index (χ2n) is 4.27. The van der Waals surface area contributed by atoms with Crippen LogP contribution in [0.4, 0.5) is 0 Å². The first kappa shape index (κ1) is 12.4. The summed E-state index contributed by atoms with van der Waals surface area (Å²) in [5, 5.41) is 11.9. The molecule has 8 heteroatoms. The van der Waals surface area contributed by atoms with Crippen LogP contribution in [0.3, 0.4) is 0 Å². The molecule has 20 heavy (non-hydrogen) atoms. The van der Waals surface area contributed by atoms with Gasteiger partial charge in [-0.1, -0.05) is 10.4 Å². The highest BCUT2D eigenvalue weighted by Gasteiger charge is 2.15. The number of hydrogen-bond donors (Lipinski definition) is 1. The van der Waals surface area contributed by atoms with Crippen molar-refractivity contribution in [3.05, 3.63) is 30.2 Å². The smallest absolute Gasteiger partial charge is 0.280 e. The quantitative estimate of drug-likeness (QED) is 0.742. The molecule has 8 nitrogen and oxygen atoms in total. The zero-order valence-electron chi connectivity index (χ0n) is 10.9. The minimum absolute atomic E-state index is 0.325. The molecular formula is C12H13N7O. The van der Waals surface area contributed by atoms with Gasteiger partial charge in [-0.2, -0.15) is 4.98 Å². The molecule has 0 aromatic carbocycles. The molecule has 102 valence electrons. The van der Waals surface area contributed by atoms with E-state index in [-0.39, 0.29) is 0 Å². The average molecular weight is 271 g/mol. The molecule has 3 rings (SSSR count). The predicted octanol–water partition coefficient (Wildman–Crippen LogP) is 0.657. The van der Waals surface area contributed by atoms with Gasteiger partial charge in [0.2, 0.25) is 5.82 Å². The molecule has 3 aromatic heterocycles. The molecule has 0 aliphatic carbocycles. The predicted molar refractivity (Wildman–Crippen MR) is 70.3 cm³/mol. The SMILES string of the molecule is Cc1ccncc1-c1noc(-c2cn(CCN)nn2)n1. The van der Waals surface area contributed by atoms with E-state index in [0.717, 1.165) is 11.1 Å². The van der Waals surface area contributed by atoms with E-state index < -0.39 is 0 Å². The molecule has 0 radical (unpaired) electrons. The van der Waals surface area contributed by atoms with Crippen LogP contribution < -0.4 is 5.73 Å². The summed E-state index contributed by atoms with van der Waals surface area (Å²) in [6.07, 6.45) is 5.15. The molecule has 0 bridgehead atoms. The number of nitrogens with zero attached hydrogens (tertiary/aromatic N) is 6. The van der Waals surface area contributed by atoms with E-state index in [1.165, 1.54) is 0 Å². The largest absolute Gasteiger partial charge is 0.332 e. The Morgan fingerprint density at radius 2 is 2.30 bits per heavy atom. The Labute approximate surface area is 114 Å². The van der Waals surface area contributed by atoms with Gasteiger partial charge in [-0.15, -0.1) is 5.10 Å². The maximum atomic E-state index is 5.46. The zero-order valence-corrected chi connectivity index (χ0v) is 10.9. The number of rotatable bonds is 4. The van der Waals surface area contributed by atoms with Crippen molar-refractivity contribution in [2.75, 3.05) is 6.54 Å². The second-order valence-corrected chi connectivity index (χ2v) is 4.27. The van der Waals surface area contributed by atoms with Crippen molar-refractivity contribution in [2.24, 2.45) is 5.73 Å². The van der Waals surface area contributed by atoms with Crippen molar-refractivity contribution in [1.82, 2.24) is 30.1 Å². The minimum atomic E-state index is 0.325. The number of hydrogen-bond acceptors (Lipinski definition) is 7. The molecule has 0 saturated carbocycles. The van der Waals surface area contributed by atoms with E-state index in [1.54, 1.807) is 23.3 Å². The summed E-state index contributed by atoms with van der Waals surface area (Å²) in [5.74, 6) is 0.811. The highest BCUT2D eigenvalue weighted by Crippen LogP contribution is 2.22. The van der Waals surface area contributed by atoms with Gasteiger partial charge in [-0.25, -0.2) is 0 Å². The highest BCUT2D eigenvalue weighted by atomic mass is 16.5. The Hall–Kier alpha value is -2.61. The summed E-state index contributed by atoms with van der Waals surface area (Å²) >= 11 is 0. The Bertz CT molecular complexity index is 718. The van der Waals surface area contributed by atoms with E-state index >= 15 is 0 Å². The maximum Gasteiger partial charge on any atom is 0.280 e. The molecule has 0 fully saturated rings. The van der Waals surface area contributed by atoms with Gasteiger partial charge in [0.1, 0.15) is 0 Å². The summed E-state index contributed by atoms with van der Waals surface area (Å²) in [6, 6.07) is 1.89. The fourth-order valence-corrected chi connectivity index (χ4v) is 1.77. The van der Waals surface area contributed by atoms with Crippen molar-refractivity contribution in [3.63, 3.8) is 0 Å². The lowest BCUT2D eigenvalue weighted by Gasteiger charge is -1.96.